The Morgan fingerprint density at radius 1 is 1.40 bits per heavy atom. The summed E-state index contributed by atoms with van der Waals surface area (Å²) in [5.41, 5.74) is 3.51. The predicted molar refractivity (Wildman–Crippen MR) is 76.9 cm³/mol. The summed E-state index contributed by atoms with van der Waals surface area (Å²) in [6.45, 7) is 5.29. The lowest BCUT2D eigenvalue weighted by Crippen LogP contribution is -2.28. The molecule has 2 aromatic rings. The second kappa shape index (κ2) is 5.28. The molecule has 1 atom stereocenters. The summed E-state index contributed by atoms with van der Waals surface area (Å²) in [6.07, 6.45) is 2.71. The Morgan fingerprint density at radius 3 is 2.95 bits per heavy atom. The number of likely N-dealkylation sites (tertiary alicyclic amines) is 1. The van der Waals surface area contributed by atoms with Gasteiger partial charge in [-0.1, -0.05) is 0 Å². The number of hydrogen-bond acceptors (Lipinski definition) is 5. The maximum Gasteiger partial charge on any atom is 0.265 e. The monoisotopic (exact) mass is 288 g/mol. The van der Waals surface area contributed by atoms with Crippen molar-refractivity contribution >= 4 is 17.2 Å². The largest absolute Gasteiger partial charge is 0.337 e. The highest BCUT2D eigenvalue weighted by atomic mass is 32.1. The van der Waals surface area contributed by atoms with Crippen molar-refractivity contribution in [3.8, 4) is 0 Å². The van der Waals surface area contributed by atoms with Gasteiger partial charge in [0.2, 0.25) is 0 Å². The first-order valence-corrected chi connectivity index (χ1v) is 7.52. The lowest BCUT2D eigenvalue weighted by Gasteiger charge is -2.15. The third-order valence-corrected chi connectivity index (χ3v) is 4.51. The van der Waals surface area contributed by atoms with Gasteiger partial charge in [-0.25, -0.2) is 15.0 Å². The van der Waals surface area contributed by atoms with Gasteiger partial charge < -0.3 is 4.90 Å². The highest BCUT2D eigenvalue weighted by Crippen LogP contribution is 2.27. The van der Waals surface area contributed by atoms with Crippen LogP contribution in [0.3, 0.4) is 0 Å². The average molecular weight is 288 g/mol. The van der Waals surface area contributed by atoms with Gasteiger partial charge in [0, 0.05) is 30.9 Å². The van der Waals surface area contributed by atoms with Crippen molar-refractivity contribution in [2.75, 3.05) is 13.1 Å². The Kier molecular flexibility index (Phi) is 3.48. The zero-order valence-corrected chi connectivity index (χ0v) is 12.4. The van der Waals surface area contributed by atoms with Crippen LogP contribution in [-0.4, -0.2) is 38.8 Å². The molecule has 0 saturated carbocycles. The van der Waals surface area contributed by atoms with Gasteiger partial charge in [-0.05, 0) is 26.3 Å². The molecule has 0 spiro atoms. The van der Waals surface area contributed by atoms with Crippen LogP contribution in [0.5, 0.6) is 0 Å². The Bertz CT molecular complexity index is 640. The van der Waals surface area contributed by atoms with E-state index in [2.05, 4.69) is 15.0 Å². The number of aryl methyl sites for hydroxylation is 2. The van der Waals surface area contributed by atoms with Crippen LogP contribution in [-0.2, 0) is 0 Å². The maximum absolute atomic E-state index is 12.4. The molecule has 3 rings (SSSR count). The summed E-state index contributed by atoms with van der Waals surface area (Å²) in [7, 11) is 0. The van der Waals surface area contributed by atoms with Gasteiger partial charge in [0.25, 0.3) is 5.91 Å². The van der Waals surface area contributed by atoms with E-state index in [9.17, 15) is 4.79 Å². The topological polar surface area (TPSA) is 59.0 Å². The fourth-order valence-corrected chi connectivity index (χ4v) is 3.24. The molecule has 1 aliphatic heterocycles. The SMILES string of the molecule is Cc1ccnc(C2CCN(C(=O)c3scnc3C)C2)n1. The van der Waals surface area contributed by atoms with Crippen LogP contribution in [0.15, 0.2) is 17.8 Å². The molecule has 0 aliphatic carbocycles. The van der Waals surface area contributed by atoms with Crippen LogP contribution >= 0.6 is 11.3 Å². The number of amides is 1. The van der Waals surface area contributed by atoms with Gasteiger partial charge in [-0.3, -0.25) is 4.79 Å². The van der Waals surface area contributed by atoms with Gasteiger partial charge in [-0.15, -0.1) is 11.3 Å². The van der Waals surface area contributed by atoms with Crippen LogP contribution in [0.2, 0.25) is 0 Å². The van der Waals surface area contributed by atoms with E-state index in [0.717, 1.165) is 35.1 Å². The Morgan fingerprint density at radius 2 is 2.25 bits per heavy atom. The van der Waals surface area contributed by atoms with Crippen molar-refractivity contribution in [2.24, 2.45) is 0 Å². The van der Waals surface area contributed by atoms with E-state index >= 15 is 0 Å². The van der Waals surface area contributed by atoms with Crippen molar-refractivity contribution in [1.82, 2.24) is 19.9 Å². The summed E-state index contributed by atoms with van der Waals surface area (Å²) < 4.78 is 0. The summed E-state index contributed by atoms with van der Waals surface area (Å²) in [4.78, 5) is 28.0. The van der Waals surface area contributed by atoms with E-state index in [4.69, 9.17) is 0 Å². The van der Waals surface area contributed by atoms with Crippen LogP contribution in [0.25, 0.3) is 0 Å². The molecule has 1 saturated heterocycles. The van der Waals surface area contributed by atoms with Crippen LogP contribution in [0.1, 0.15) is 39.2 Å². The van der Waals surface area contributed by atoms with Crippen molar-refractivity contribution in [2.45, 2.75) is 26.2 Å². The zero-order valence-electron chi connectivity index (χ0n) is 11.5. The quantitative estimate of drug-likeness (QED) is 0.850. The number of carbonyl (C=O) groups excluding carboxylic acids is 1. The van der Waals surface area contributed by atoms with Gasteiger partial charge >= 0.3 is 0 Å². The maximum atomic E-state index is 12.4. The first kappa shape index (κ1) is 13.2. The number of nitrogens with zero attached hydrogens (tertiary/aromatic N) is 4. The Labute approximate surface area is 121 Å². The lowest BCUT2D eigenvalue weighted by atomic mass is 10.1. The summed E-state index contributed by atoms with van der Waals surface area (Å²) in [5, 5.41) is 0. The van der Waals surface area contributed by atoms with Crippen LogP contribution < -0.4 is 0 Å². The minimum absolute atomic E-state index is 0.0835. The molecule has 3 heterocycles. The third kappa shape index (κ3) is 2.43. The van der Waals surface area contributed by atoms with Crippen molar-refractivity contribution < 1.29 is 4.79 Å². The number of thiazole rings is 1. The molecule has 5 nitrogen and oxygen atoms in total. The molecule has 104 valence electrons. The number of rotatable bonds is 2. The highest BCUT2D eigenvalue weighted by Gasteiger charge is 2.30. The van der Waals surface area contributed by atoms with Gasteiger partial charge in [-0.2, -0.15) is 0 Å². The molecule has 1 aliphatic rings. The number of hydrogen-bond donors (Lipinski definition) is 0. The fraction of sp³-hybridized carbons (Fsp3) is 0.429. The molecule has 6 heteroatoms. The molecular weight excluding hydrogens is 272 g/mol. The normalized spacial score (nSPS) is 18.5. The molecule has 0 radical (unpaired) electrons. The molecule has 0 aromatic carbocycles. The van der Waals surface area contributed by atoms with Crippen molar-refractivity contribution in [1.29, 1.82) is 0 Å². The first-order valence-electron chi connectivity index (χ1n) is 6.64. The Hall–Kier alpha value is -1.82. The second-order valence-electron chi connectivity index (χ2n) is 5.06. The van der Waals surface area contributed by atoms with Crippen LogP contribution in [0.4, 0.5) is 0 Å². The molecule has 2 aromatic heterocycles. The molecule has 1 fully saturated rings. The summed E-state index contributed by atoms with van der Waals surface area (Å²) in [5.74, 6) is 1.17. The highest BCUT2D eigenvalue weighted by molar-refractivity contribution is 7.11. The van der Waals surface area contributed by atoms with Crippen LogP contribution in [0, 0.1) is 13.8 Å². The van der Waals surface area contributed by atoms with E-state index in [1.165, 1.54) is 11.3 Å². The molecule has 0 N–H and O–H groups in total. The van der Waals surface area contributed by atoms with Gasteiger partial charge in [0.15, 0.2) is 0 Å². The summed E-state index contributed by atoms with van der Waals surface area (Å²) >= 11 is 1.41. The smallest absolute Gasteiger partial charge is 0.265 e. The fourth-order valence-electron chi connectivity index (χ4n) is 2.47. The van der Waals surface area contributed by atoms with Gasteiger partial charge in [0.05, 0.1) is 11.2 Å². The van der Waals surface area contributed by atoms with Gasteiger partial charge in [0.1, 0.15) is 10.7 Å². The molecular formula is C14H16N4OS. The average Bonchev–Trinajstić information content (AvgIpc) is 3.07. The standard InChI is InChI=1S/C14H16N4OS/c1-9-3-5-15-13(17-9)11-4-6-18(7-11)14(19)12-10(2)16-8-20-12/h3,5,8,11H,4,6-7H2,1-2H3. The molecule has 1 amide bonds. The van der Waals surface area contributed by atoms with E-state index in [1.807, 2.05) is 24.8 Å². The summed E-state index contributed by atoms with van der Waals surface area (Å²) in [6, 6.07) is 1.89. The second-order valence-corrected chi connectivity index (χ2v) is 5.91. The molecule has 1 unspecified atom stereocenters. The Balaban J connectivity index is 1.74. The first-order chi connectivity index (χ1) is 9.65. The molecule has 0 bridgehead atoms. The van der Waals surface area contributed by atoms with E-state index in [1.54, 1.807) is 11.7 Å². The minimum Gasteiger partial charge on any atom is -0.337 e. The third-order valence-electron chi connectivity index (χ3n) is 3.59. The van der Waals surface area contributed by atoms with Crippen molar-refractivity contribution in [3.05, 3.63) is 39.9 Å². The van der Waals surface area contributed by atoms with Crippen molar-refractivity contribution in [3.63, 3.8) is 0 Å². The lowest BCUT2D eigenvalue weighted by molar-refractivity contribution is 0.0794. The zero-order chi connectivity index (χ0) is 14.1. The molecule has 20 heavy (non-hydrogen) atoms. The minimum atomic E-state index is 0.0835. The predicted octanol–water partition coefficient (Wildman–Crippen LogP) is 2.18. The van der Waals surface area contributed by atoms with E-state index in [0.29, 0.717) is 6.54 Å². The van der Waals surface area contributed by atoms with E-state index < -0.39 is 0 Å². The number of aromatic nitrogens is 3. The van der Waals surface area contributed by atoms with E-state index in [-0.39, 0.29) is 11.8 Å². The number of carbonyl (C=O) groups is 1.